The fraction of sp³-hybridized carbons (Fsp3) is 0.467. The van der Waals surface area contributed by atoms with Gasteiger partial charge in [0, 0.05) is 26.1 Å². The van der Waals surface area contributed by atoms with Crippen LogP contribution in [0.1, 0.15) is 23.2 Å². The van der Waals surface area contributed by atoms with Gasteiger partial charge >= 0.3 is 5.97 Å². The number of hydrogen-bond acceptors (Lipinski definition) is 5. The Morgan fingerprint density at radius 2 is 2.00 bits per heavy atom. The van der Waals surface area contributed by atoms with Crippen LogP contribution < -0.4 is 16.0 Å². The van der Waals surface area contributed by atoms with Crippen LogP contribution >= 0.6 is 0 Å². The lowest BCUT2D eigenvalue weighted by Crippen LogP contribution is -2.39. The first-order valence-corrected chi connectivity index (χ1v) is 7.01. The van der Waals surface area contributed by atoms with E-state index in [0.717, 1.165) is 31.6 Å². The van der Waals surface area contributed by atoms with E-state index in [2.05, 4.69) is 10.2 Å². The molecule has 6 heteroatoms. The molecule has 0 radical (unpaired) electrons. The summed E-state index contributed by atoms with van der Waals surface area (Å²) in [5.74, 6) is -0.295. The molecule has 0 saturated carbocycles. The van der Waals surface area contributed by atoms with Gasteiger partial charge in [-0.15, -0.1) is 0 Å². The zero-order valence-electron chi connectivity index (χ0n) is 12.4. The lowest BCUT2D eigenvalue weighted by molar-refractivity contribution is -0.125. The van der Waals surface area contributed by atoms with E-state index >= 15 is 0 Å². The Morgan fingerprint density at radius 1 is 1.33 bits per heavy atom. The maximum absolute atomic E-state index is 11.7. The first-order chi connectivity index (χ1) is 10.1. The molecule has 3 N–H and O–H groups in total. The summed E-state index contributed by atoms with van der Waals surface area (Å²) in [5, 5.41) is 2.69. The fourth-order valence-corrected chi connectivity index (χ4v) is 2.70. The van der Waals surface area contributed by atoms with E-state index in [4.69, 9.17) is 10.5 Å². The molecule has 2 rings (SSSR count). The summed E-state index contributed by atoms with van der Waals surface area (Å²) < 4.78 is 4.73. The molecule has 1 aromatic carbocycles. The van der Waals surface area contributed by atoms with Crippen molar-refractivity contribution in [3.63, 3.8) is 0 Å². The highest BCUT2D eigenvalue weighted by Gasteiger charge is 2.26. The summed E-state index contributed by atoms with van der Waals surface area (Å²) in [4.78, 5) is 25.4. The Hall–Kier alpha value is -2.24. The predicted molar refractivity (Wildman–Crippen MR) is 81.2 cm³/mol. The van der Waals surface area contributed by atoms with Crippen LogP contribution in [-0.4, -0.2) is 39.1 Å². The number of carbonyl (C=O) groups excluding carboxylic acids is 2. The number of nitrogens with two attached hydrogens (primary N) is 1. The van der Waals surface area contributed by atoms with Crippen LogP contribution in [0.25, 0.3) is 0 Å². The number of rotatable bonds is 3. The van der Waals surface area contributed by atoms with Crippen LogP contribution in [0.5, 0.6) is 0 Å². The number of para-hydroxylation sites is 1. The number of ether oxygens (including phenoxy) is 1. The first kappa shape index (κ1) is 15.2. The van der Waals surface area contributed by atoms with Crippen molar-refractivity contribution in [2.24, 2.45) is 5.92 Å². The topological polar surface area (TPSA) is 84.7 Å². The van der Waals surface area contributed by atoms with Gasteiger partial charge < -0.3 is 20.7 Å². The van der Waals surface area contributed by atoms with Crippen LogP contribution in [0.3, 0.4) is 0 Å². The second-order valence-corrected chi connectivity index (χ2v) is 5.11. The number of anilines is 2. The average Bonchev–Trinajstić information content (AvgIpc) is 2.54. The molecule has 0 aromatic heterocycles. The highest BCUT2D eigenvalue weighted by molar-refractivity contribution is 5.98. The number of hydrogen-bond donors (Lipinski definition) is 2. The van der Waals surface area contributed by atoms with Crippen LogP contribution in [0.2, 0.25) is 0 Å². The van der Waals surface area contributed by atoms with E-state index in [1.165, 1.54) is 7.11 Å². The van der Waals surface area contributed by atoms with Gasteiger partial charge in [0.2, 0.25) is 5.91 Å². The number of nitrogen functional groups attached to an aromatic ring is 1. The number of nitrogens with zero attached hydrogens (tertiary/aromatic N) is 1. The lowest BCUT2D eigenvalue weighted by atomic mass is 9.95. The number of piperidine rings is 1. The standard InChI is InChI=1S/C15H21N3O3/c1-17-14(19)10-6-8-18(9-7-10)12-5-3-4-11(13(12)16)15(20)21-2/h3-5,10H,6-9,16H2,1-2H3,(H,17,19). The van der Waals surface area contributed by atoms with Crippen molar-refractivity contribution in [1.82, 2.24) is 5.32 Å². The minimum atomic E-state index is -0.436. The van der Waals surface area contributed by atoms with E-state index in [-0.39, 0.29) is 11.8 Å². The molecule has 0 aliphatic carbocycles. The number of esters is 1. The zero-order valence-corrected chi connectivity index (χ0v) is 12.4. The lowest BCUT2D eigenvalue weighted by Gasteiger charge is -2.33. The minimum Gasteiger partial charge on any atom is -0.465 e. The summed E-state index contributed by atoms with van der Waals surface area (Å²) in [6.07, 6.45) is 1.56. The van der Waals surface area contributed by atoms with E-state index < -0.39 is 5.97 Å². The van der Waals surface area contributed by atoms with Gasteiger partial charge in [0.05, 0.1) is 24.0 Å². The molecule has 114 valence electrons. The fourth-order valence-electron chi connectivity index (χ4n) is 2.70. The SMILES string of the molecule is CNC(=O)C1CCN(c2cccc(C(=O)OC)c2N)CC1. The van der Waals surface area contributed by atoms with Gasteiger partial charge in [-0.2, -0.15) is 0 Å². The Bertz CT molecular complexity index is 537. The second-order valence-electron chi connectivity index (χ2n) is 5.11. The van der Waals surface area contributed by atoms with Gasteiger partial charge in [0.1, 0.15) is 0 Å². The maximum Gasteiger partial charge on any atom is 0.340 e. The molecule has 1 aliphatic heterocycles. The van der Waals surface area contributed by atoms with Crippen molar-refractivity contribution in [1.29, 1.82) is 0 Å². The number of amides is 1. The van der Waals surface area contributed by atoms with E-state index in [9.17, 15) is 9.59 Å². The quantitative estimate of drug-likeness (QED) is 0.641. The van der Waals surface area contributed by atoms with E-state index in [1.54, 1.807) is 19.2 Å². The van der Waals surface area contributed by atoms with Gasteiger partial charge in [0.15, 0.2) is 0 Å². The third kappa shape index (κ3) is 3.09. The van der Waals surface area contributed by atoms with Gasteiger partial charge in [-0.1, -0.05) is 6.07 Å². The first-order valence-electron chi connectivity index (χ1n) is 7.01. The average molecular weight is 291 g/mol. The van der Waals surface area contributed by atoms with Gasteiger partial charge in [-0.3, -0.25) is 4.79 Å². The predicted octanol–water partition coefficient (Wildman–Crippen LogP) is 1.02. The van der Waals surface area contributed by atoms with Crippen molar-refractivity contribution < 1.29 is 14.3 Å². The third-order valence-electron chi connectivity index (χ3n) is 3.94. The Labute approximate surface area is 124 Å². The monoisotopic (exact) mass is 291 g/mol. The number of carbonyl (C=O) groups is 2. The molecule has 21 heavy (non-hydrogen) atoms. The van der Waals surface area contributed by atoms with Crippen molar-refractivity contribution in [2.45, 2.75) is 12.8 Å². The summed E-state index contributed by atoms with van der Waals surface area (Å²) >= 11 is 0. The molecule has 1 aliphatic rings. The van der Waals surface area contributed by atoms with Gasteiger partial charge in [-0.05, 0) is 25.0 Å². The van der Waals surface area contributed by atoms with Crippen LogP contribution in [-0.2, 0) is 9.53 Å². The smallest absolute Gasteiger partial charge is 0.340 e. The third-order valence-corrected chi connectivity index (χ3v) is 3.94. The Morgan fingerprint density at radius 3 is 2.57 bits per heavy atom. The molecule has 1 aromatic rings. The van der Waals surface area contributed by atoms with Gasteiger partial charge in [-0.25, -0.2) is 4.79 Å². The van der Waals surface area contributed by atoms with Crippen molar-refractivity contribution in [3.8, 4) is 0 Å². The molecule has 1 saturated heterocycles. The number of benzene rings is 1. The normalized spacial score (nSPS) is 15.6. The zero-order chi connectivity index (χ0) is 15.4. The molecule has 0 unspecified atom stereocenters. The number of methoxy groups -OCH3 is 1. The summed E-state index contributed by atoms with van der Waals surface area (Å²) in [5.41, 5.74) is 7.73. The van der Waals surface area contributed by atoms with Crippen LogP contribution in [0, 0.1) is 5.92 Å². The van der Waals surface area contributed by atoms with Gasteiger partial charge in [0.25, 0.3) is 0 Å². The minimum absolute atomic E-state index is 0.0521. The van der Waals surface area contributed by atoms with Crippen molar-refractivity contribution >= 4 is 23.3 Å². The molecule has 1 heterocycles. The molecule has 0 atom stereocenters. The molecule has 0 bridgehead atoms. The van der Waals surface area contributed by atoms with E-state index in [1.807, 2.05) is 6.07 Å². The van der Waals surface area contributed by atoms with Crippen LogP contribution in [0.15, 0.2) is 18.2 Å². The largest absolute Gasteiger partial charge is 0.465 e. The molecule has 1 amide bonds. The molecule has 1 fully saturated rings. The molecule has 0 spiro atoms. The Balaban J connectivity index is 2.14. The second kappa shape index (κ2) is 6.47. The summed E-state index contributed by atoms with van der Waals surface area (Å²) in [6, 6.07) is 5.34. The number of nitrogens with one attached hydrogen (secondary N) is 1. The van der Waals surface area contributed by atoms with Crippen molar-refractivity contribution in [3.05, 3.63) is 23.8 Å². The van der Waals surface area contributed by atoms with Crippen LogP contribution in [0.4, 0.5) is 11.4 Å². The highest BCUT2D eigenvalue weighted by Crippen LogP contribution is 2.30. The Kier molecular flexibility index (Phi) is 4.67. The molecule has 6 nitrogen and oxygen atoms in total. The summed E-state index contributed by atoms with van der Waals surface area (Å²) in [6.45, 7) is 1.49. The molecular weight excluding hydrogens is 270 g/mol. The maximum atomic E-state index is 11.7. The van der Waals surface area contributed by atoms with Crippen molar-refractivity contribution in [2.75, 3.05) is 37.9 Å². The summed E-state index contributed by atoms with van der Waals surface area (Å²) in [7, 11) is 3.00. The molecular formula is C15H21N3O3. The van der Waals surface area contributed by atoms with E-state index in [0.29, 0.717) is 11.3 Å². The highest BCUT2D eigenvalue weighted by atomic mass is 16.5.